The van der Waals surface area contributed by atoms with Crippen LogP contribution in [0.1, 0.15) is 18.6 Å². The fourth-order valence-corrected chi connectivity index (χ4v) is 1.41. The van der Waals surface area contributed by atoms with Crippen LogP contribution in [0.5, 0.6) is 0 Å². The molecule has 0 radical (unpaired) electrons. The molecule has 1 aromatic rings. The lowest BCUT2D eigenvalue weighted by atomic mass is 10.1. The summed E-state index contributed by atoms with van der Waals surface area (Å²) in [5.74, 6) is 0.198. The van der Waals surface area contributed by atoms with Crippen LogP contribution in [0.2, 0.25) is 0 Å². The number of nitrogens with one attached hydrogen (secondary N) is 1. The average Bonchev–Trinajstić information content (AvgIpc) is 2.26. The Bertz CT molecular complexity index is 304. The highest BCUT2D eigenvalue weighted by Gasteiger charge is 2.08. The summed E-state index contributed by atoms with van der Waals surface area (Å²) in [6, 6.07) is 7.45. The molecule has 0 aliphatic heterocycles. The van der Waals surface area contributed by atoms with Gasteiger partial charge in [0.15, 0.2) is 0 Å². The van der Waals surface area contributed by atoms with E-state index in [1.54, 1.807) is 6.92 Å². The van der Waals surface area contributed by atoms with E-state index in [-0.39, 0.29) is 5.88 Å². The van der Waals surface area contributed by atoms with E-state index in [0.717, 1.165) is 11.3 Å². The Morgan fingerprint density at radius 3 is 2.60 bits per heavy atom. The first-order chi connectivity index (χ1) is 7.15. The Morgan fingerprint density at radius 1 is 1.33 bits per heavy atom. The number of hydrogen-bond donors (Lipinski definition) is 3. The Morgan fingerprint density at radius 2 is 2.00 bits per heavy atom. The van der Waals surface area contributed by atoms with E-state index in [9.17, 15) is 10.2 Å². The van der Waals surface area contributed by atoms with Gasteiger partial charge >= 0.3 is 0 Å². The molecular formula is C11H16ClNO2. The second-order valence-electron chi connectivity index (χ2n) is 3.45. The summed E-state index contributed by atoms with van der Waals surface area (Å²) in [7, 11) is 0. The van der Waals surface area contributed by atoms with Crippen molar-refractivity contribution in [2.75, 3.05) is 17.7 Å². The van der Waals surface area contributed by atoms with Crippen molar-refractivity contribution in [1.29, 1.82) is 0 Å². The van der Waals surface area contributed by atoms with Crippen LogP contribution in [0.25, 0.3) is 0 Å². The first-order valence-corrected chi connectivity index (χ1v) is 5.43. The van der Waals surface area contributed by atoms with E-state index < -0.39 is 12.2 Å². The summed E-state index contributed by atoms with van der Waals surface area (Å²) in [6.45, 7) is 2.09. The van der Waals surface area contributed by atoms with Gasteiger partial charge in [0.2, 0.25) is 0 Å². The summed E-state index contributed by atoms with van der Waals surface area (Å²) in [6.07, 6.45) is -1.10. The summed E-state index contributed by atoms with van der Waals surface area (Å²) in [4.78, 5) is 0. The third-order valence-electron chi connectivity index (χ3n) is 2.12. The summed E-state index contributed by atoms with van der Waals surface area (Å²) in [5, 5.41) is 21.8. The van der Waals surface area contributed by atoms with E-state index in [1.165, 1.54) is 0 Å². The zero-order chi connectivity index (χ0) is 11.3. The van der Waals surface area contributed by atoms with Crippen molar-refractivity contribution < 1.29 is 10.2 Å². The number of para-hydroxylation sites is 1. The molecule has 0 aliphatic carbocycles. The first kappa shape index (κ1) is 12.3. The molecule has 0 spiro atoms. The Balaban J connectivity index is 2.67. The monoisotopic (exact) mass is 229 g/mol. The fourth-order valence-electron chi connectivity index (χ4n) is 1.30. The van der Waals surface area contributed by atoms with Gasteiger partial charge in [0.1, 0.15) is 0 Å². The normalized spacial score (nSPS) is 14.7. The number of aliphatic hydroxyl groups is 2. The third-order valence-corrected chi connectivity index (χ3v) is 2.47. The van der Waals surface area contributed by atoms with Gasteiger partial charge in [-0.2, -0.15) is 0 Å². The molecule has 4 heteroatoms. The first-order valence-electron chi connectivity index (χ1n) is 4.90. The van der Waals surface area contributed by atoms with Crippen molar-refractivity contribution in [2.45, 2.75) is 19.1 Å². The van der Waals surface area contributed by atoms with E-state index in [2.05, 4.69) is 5.32 Å². The van der Waals surface area contributed by atoms with E-state index >= 15 is 0 Å². The molecule has 0 fully saturated rings. The zero-order valence-corrected chi connectivity index (χ0v) is 9.41. The minimum Gasteiger partial charge on any atom is -0.390 e. The lowest BCUT2D eigenvalue weighted by molar-refractivity contribution is 0.199. The van der Waals surface area contributed by atoms with Gasteiger partial charge in [-0.1, -0.05) is 18.2 Å². The van der Waals surface area contributed by atoms with Gasteiger partial charge in [-0.3, -0.25) is 0 Å². The topological polar surface area (TPSA) is 52.5 Å². The van der Waals surface area contributed by atoms with Crippen molar-refractivity contribution in [3.05, 3.63) is 29.8 Å². The van der Waals surface area contributed by atoms with Crippen molar-refractivity contribution in [3.8, 4) is 0 Å². The van der Waals surface area contributed by atoms with Crippen LogP contribution < -0.4 is 5.32 Å². The van der Waals surface area contributed by atoms with Gasteiger partial charge in [-0.05, 0) is 13.0 Å². The molecule has 0 aliphatic rings. The molecule has 2 unspecified atom stereocenters. The number of halogens is 1. The highest BCUT2D eigenvalue weighted by atomic mass is 35.5. The van der Waals surface area contributed by atoms with Gasteiger partial charge < -0.3 is 15.5 Å². The maximum atomic E-state index is 9.50. The van der Waals surface area contributed by atoms with E-state index in [4.69, 9.17) is 11.6 Å². The Labute approximate surface area is 94.7 Å². The van der Waals surface area contributed by atoms with Crippen LogP contribution in [0, 0.1) is 0 Å². The Hall–Kier alpha value is -0.770. The van der Waals surface area contributed by atoms with Gasteiger partial charge in [0.05, 0.1) is 18.1 Å². The largest absolute Gasteiger partial charge is 0.390 e. The molecule has 1 aromatic carbocycles. The van der Waals surface area contributed by atoms with E-state index in [0.29, 0.717) is 6.54 Å². The predicted molar refractivity (Wildman–Crippen MR) is 62.3 cm³/mol. The summed E-state index contributed by atoms with van der Waals surface area (Å²) in [5.41, 5.74) is 1.65. The lowest BCUT2D eigenvalue weighted by Gasteiger charge is -2.15. The second kappa shape index (κ2) is 5.95. The van der Waals surface area contributed by atoms with Crippen molar-refractivity contribution in [3.63, 3.8) is 0 Å². The number of rotatable bonds is 5. The van der Waals surface area contributed by atoms with Crippen LogP contribution in [-0.2, 0) is 0 Å². The van der Waals surface area contributed by atoms with Gasteiger partial charge in [0.25, 0.3) is 0 Å². The molecule has 3 nitrogen and oxygen atoms in total. The maximum absolute atomic E-state index is 9.50. The number of hydrogen-bond acceptors (Lipinski definition) is 3. The van der Waals surface area contributed by atoms with Crippen LogP contribution in [0.4, 0.5) is 5.69 Å². The van der Waals surface area contributed by atoms with Crippen LogP contribution in [-0.4, -0.2) is 28.7 Å². The van der Waals surface area contributed by atoms with Gasteiger partial charge in [-0.25, -0.2) is 0 Å². The molecule has 0 amide bonds. The minimum atomic E-state index is -0.575. The molecule has 84 valence electrons. The quantitative estimate of drug-likeness (QED) is 0.675. The molecule has 0 saturated heterocycles. The summed E-state index contributed by atoms with van der Waals surface area (Å²) < 4.78 is 0. The van der Waals surface area contributed by atoms with Gasteiger partial charge in [-0.15, -0.1) is 11.6 Å². The molecule has 3 N–H and O–H groups in total. The summed E-state index contributed by atoms with van der Waals surface area (Å²) >= 11 is 5.48. The smallest absolute Gasteiger partial charge is 0.0847 e. The molecule has 0 aromatic heterocycles. The highest BCUT2D eigenvalue weighted by molar-refractivity contribution is 6.18. The predicted octanol–water partition coefficient (Wildman–Crippen LogP) is 1.75. The molecular weight excluding hydrogens is 214 g/mol. The molecule has 0 saturated carbocycles. The SMILES string of the molecule is CC(O)c1ccccc1NCC(O)CCl. The van der Waals surface area contributed by atoms with Crippen molar-refractivity contribution in [1.82, 2.24) is 0 Å². The molecule has 2 atom stereocenters. The van der Waals surface area contributed by atoms with Gasteiger partial charge in [0, 0.05) is 17.8 Å². The highest BCUT2D eigenvalue weighted by Crippen LogP contribution is 2.21. The average molecular weight is 230 g/mol. The number of benzene rings is 1. The molecule has 0 bridgehead atoms. The Kier molecular flexibility index (Phi) is 4.88. The van der Waals surface area contributed by atoms with Crippen LogP contribution in [0.3, 0.4) is 0 Å². The minimum absolute atomic E-state index is 0.198. The molecule has 1 rings (SSSR count). The number of aliphatic hydroxyl groups excluding tert-OH is 2. The maximum Gasteiger partial charge on any atom is 0.0847 e. The molecule has 0 heterocycles. The van der Waals surface area contributed by atoms with E-state index in [1.807, 2.05) is 24.3 Å². The third kappa shape index (κ3) is 3.70. The number of anilines is 1. The molecule has 15 heavy (non-hydrogen) atoms. The van der Waals surface area contributed by atoms with Crippen LogP contribution in [0.15, 0.2) is 24.3 Å². The van der Waals surface area contributed by atoms with Crippen molar-refractivity contribution >= 4 is 17.3 Å². The number of alkyl halides is 1. The second-order valence-corrected chi connectivity index (χ2v) is 3.76. The van der Waals surface area contributed by atoms with Crippen LogP contribution >= 0.6 is 11.6 Å². The lowest BCUT2D eigenvalue weighted by Crippen LogP contribution is -2.21. The van der Waals surface area contributed by atoms with Crippen molar-refractivity contribution in [2.24, 2.45) is 0 Å². The fraction of sp³-hybridized carbons (Fsp3) is 0.455. The zero-order valence-electron chi connectivity index (χ0n) is 8.65. The standard InChI is InChI=1S/C11H16ClNO2/c1-8(14)10-4-2-3-5-11(10)13-7-9(15)6-12/h2-5,8-9,13-15H,6-7H2,1H3.